The van der Waals surface area contributed by atoms with E-state index in [-0.39, 0.29) is 19.8 Å². The number of aliphatic hydroxyl groups is 3. The largest absolute Gasteiger partial charge is 0.394 e. The predicted molar refractivity (Wildman–Crippen MR) is 102 cm³/mol. The molecule has 0 rings (SSSR count). The Morgan fingerprint density at radius 1 is 0.480 bits per heavy atom. The highest BCUT2D eigenvalue weighted by molar-refractivity contribution is 4.30. The van der Waals surface area contributed by atoms with Gasteiger partial charge in [-0.25, -0.2) is 0 Å². The zero-order chi connectivity index (χ0) is 20.0. The molecule has 0 spiro atoms. The molecule has 0 saturated heterocycles. The van der Waals surface area contributed by atoms with Gasteiger partial charge in [-0.1, -0.05) is 13.3 Å². The minimum Gasteiger partial charge on any atom is -0.394 e. The Morgan fingerprint density at radius 2 is 0.840 bits per heavy atom. The van der Waals surface area contributed by atoms with Crippen LogP contribution >= 0.6 is 0 Å². The molecule has 0 aromatic carbocycles. The summed E-state index contributed by atoms with van der Waals surface area (Å²) in [6.45, 7) is 15.6. The Morgan fingerprint density at radius 3 is 1.04 bits per heavy atom. The summed E-state index contributed by atoms with van der Waals surface area (Å²) < 4.78 is 19.3. The molecule has 7 heteroatoms. The summed E-state index contributed by atoms with van der Waals surface area (Å²) in [6, 6.07) is 0. The maximum atomic E-state index is 8.24. The molecule has 25 heavy (non-hydrogen) atoms. The lowest BCUT2D eigenvalue weighted by Gasteiger charge is -1.97. The van der Waals surface area contributed by atoms with Crippen LogP contribution in [0.25, 0.3) is 0 Å². The Hall–Kier alpha value is -0.280. The first kappa shape index (κ1) is 32.4. The minimum atomic E-state index is 0.133. The van der Waals surface area contributed by atoms with Crippen molar-refractivity contribution in [3.05, 3.63) is 0 Å². The average Bonchev–Trinajstić information content (AvgIpc) is 2.64. The maximum Gasteiger partial charge on any atom is 0.0697 e. The van der Waals surface area contributed by atoms with Crippen LogP contribution in [0.15, 0.2) is 0 Å². The summed E-state index contributed by atoms with van der Waals surface area (Å²) in [5, 5.41) is 24.4. The van der Waals surface area contributed by atoms with E-state index in [1.54, 1.807) is 0 Å². The summed E-state index contributed by atoms with van der Waals surface area (Å²) >= 11 is 0. The summed E-state index contributed by atoms with van der Waals surface area (Å²) in [6.07, 6.45) is 2.26. The van der Waals surface area contributed by atoms with Gasteiger partial charge in [-0.3, -0.25) is 0 Å². The average molecular weight is 373 g/mol. The fourth-order valence-electron chi connectivity index (χ4n) is 1.03. The van der Waals surface area contributed by atoms with Gasteiger partial charge in [0.2, 0.25) is 0 Å². The van der Waals surface area contributed by atoms with Crippen molar-refractivity contribution in [3.63, 3.8) is 0 Å². The highest BCUT2D eigenvalue weighted by atomic mass is 16.5. The molecule has 0 aromatic heterocycles. The van der Waals surface area contributed by atoms with Gasteiger partial charge in [0.05, 0.1) is 39.6 Å². The molecule has 0 unspecified atom stereocenters. The van der Waals surface area contributed by atoms with Crippen molar-refractivity contribution in [1.29, 1.82) is 0 Å². The second kappa shape index (κ2) is 43.8. The zero-order valence-electron chi connectivity index (χ0n) is 17.2. The molecule has 0 aliphatic heterocycles. The fourth-order valence-corrected chi connectivity index (χ4v) is 1.03. The third-order valence-electron chi connectivity index (χ3n) is 2.17. The smallest absolute Gasteiger partial charge is 0.0697 e. The molecule has 0 aliphatic rings. The zero-order valence-corrected chi connectivity index (χ0v) is 17.2. The molecule has 0 heterocycles. The number of rotatable bonds is 13. The second-order valence-corrected chi connectivity index (χ2v) is 4.31. The van der Waals surface area contributed by atoms with Gasteiger partial charge in [0, 0.05) is 33.0 Å². The van der Waals surface area contributed by atoms with Crippen molar-refractivity contribution in [3.8, 4) is 0 Å². The van der Waals surface area contributed by atoms with Crippen LogP contribution in [0.3, 0.4) is 0 Å². The topological polar surface area (TPSA) is 97.6 Å². The summed E-state index contributed by atoms with van der Waals surface area (Å²) in [4.78, 5) is 0. The summed E-state index contributed by atoms with van der Waals surface area (Å²) in [7, 11) is 0. The molecule has 0 radical (unpaired) electrons. The van der Waals surface area contributed by atoms with Gasteiger partial charge < -0.3 is 34.3 Å². The van der Waals surface area contributed by atoms with E-state index in [0.29, 0.717) is 33.0 Å². The van der Waals surface area contributed by atoms with Crippen molar-refractivity contribution in [1.82, 2.24) is 0 Å². The highest BCUT2D eigenvalue weighted by Gasteiger charge is 1.82. The Balaban J connectivity index is -0.000000119. The van der Waals surface area contributed by atoms with Crippen LogP contribution in [0.2, 0.25) is 0 Å². The standard InChI is InChI=1S/C6H14O2.2C4H10O2.C4H10O/c1-2-3-5-8-6-4-7;2*1-2-6-4-3-5;1-3-5-4-2/h7H,2-6H2,1H3;2*5H,2-4H2,1H3;3-4H2,1-2H3. The van der Waals surface area contributed by atoms with E-state index >= 15 is 0 Å². The molecule has 0 aromatic rings. The van der Waals surface area contributed by atoms with Crippen LogP contribution < -0.4 is 0 Å². The number of ether oxygens (including phenoxy) is 4. The molecular weight excluding hydrogens is 328 g/mol. The lowest BCUT2D eigenvalue weighted by atomic mass is 10.4. The molecule has 3 N–H and O–H groups in total. The predicted octanol–water partition coefficient (Wildman–Crippen LogP) is 1.87. The lowest BCUT2D eigenvalue weighted by Crippen LogP contribution is -1.99. The summed E-state index contributed by atoms with van der Waals surface area (Å²) in [5.41, 5.74) is 0. The van der Waals surface area contributed by atoms with Crippen LogP contribution in [-0.2, 0) is 18.9 Å². The second-order valence-electron chi connectivity index (χ2n) is 4.31. The van der Waals surface area contributed by atoms with Gasteiger partial charge in [0.15, 0.2) is 0 Å². The fraction of sp³-hybridized carbons (Fsp3) is 1.00. The molecule has 158 valence electrons. The minimum absolute atomic E-state index is 0.133. The molecule has 0 aliphatic carbocycles. The molecule has 0 atom stereocenters. The van der Waals surface area contributed by atoms with Crippen molar-refractivity contribution in [2.45, 2.75) is 47.5 Å². The molecular formula is C18H44O7. The van der Waals surface area contributed by atoms with Gasteiger partial charge in [0.1, 0.15) is 0 Å². The molecule has 0 bridgehead atoms. The van der Waals surface area contributed by atoms with E-state index in [2.05, 4.69) is 6.92 Å². The van der Waals surface area contributed by atoms with E-state index in [4.69, 9.17) is 34.3 Å². The van der Waals surface area contributed by atoms with Crippen LogP contribution in [-0.4, -0.2) is 88.0 Å². The van der Waals surface area contributed by atoms with Gasteiger partial charge in [-0.2, -0.15) is 0 Å². The van der Waals surface area contributed by atoms with Gasteiger partial charge >= 0.3 is 0 Å². The number of hydrogen-bond acceptors (Lipinski definition) is 7. The first-order valence-electron chi connectivity index (χ1n) is 9.29. The van der Waals surface area contributed by atoms with Gasteiger partial charge in [-0.15, -0.1) is 0 Å². The van der Waals surface area contributed by atoms with Crippen LogP contribution in [0, 0.1) is 0 Å². The Labute approximate surface area is 155 Å². The third-order valence-corrected chi connectivity index (χ3v) is 2.17. The molecule has 0 saturated carbocycles. The Kier molecular flexibility index (Phi) is 56.8. The van der Waals surface area contributed by atoms with Crippen molar-refractivity contribution in [2.24, 2.45) is 0 Å². The van der Waals surface area contributed by atoms with Crippen molar-refractivity contribution < 1.29 is 34.3 Å². The SMILES string of the molecule is CCCCOCCO.CCOCC.CCOCCO.CCOCCO. The summed E-state index contributed by atoms with van der Waals surface area (Å²) in [5.74, 6) is 0. The van der Waals surface area contributed by atoms with E-state index in [1.807, 2.05) is 27.7 Å². The van der Waals surface area contributed by atoms with Crippen molar-refractivity contribution >= 4 is 0 Å². The van der Waals surface area contributed by atoms with Crippen LogP contribution in [0.1, 0.15) is 47.5 Å². The van der Waals surface area contributed by atoms with E-state index in [1.165, 1.54) is 0 Å². The number of unbranched alkanes of at least 4 members (excludes halogenated alkanes) is 1. The third kappa shape index (κ3) is 69.2. The van der Waals surface area contributed by atoms with Crippen molar-refractivity contribution in [2.75, 3.05) is 72.7 Å². The van der Waals surface area contributed by atoms with Crippen LogP contribution in [0.4, 0.5) is 0 Å². The number of aliphatic hydroxyl groups excluding tert-OH is 3. The molecule has 0 amide bonds. The monoisotopic (exact) mass is 372 g/mol. The first-order valence-corrected chi connectivity index (χ1v) is 9.29. The normalized spacial score (nSPS) is 9.12. The maximum absolute atomic E-state index is 8.24. The van der Waals surface area contributed by atoms with E-state index in [9.17, 15) is 0 Å². The molecule has 7 nitrogen and oxygen atoms in total. The lowest BCUT2D eigenvalue weighted by molar-refractivity contribution is 0.0904. The van der Waals surface area contributed by atoms with Crippen LogP contribution in [0.5, 0.6) is 0 Å². The van der Waals surface area contributed by atoms with Gasteiger partial charge in [-0.05, 0) is 34.1 Å². The molecule has 0 fully saturated rings. The quantitative estimate of drug-likeness (QED) is 0.425. The van der Waals surface area contributed by atoms with Gasteiger partial charge in [0.25, 0.3) is 0 Å². The number of hydrogen-bond donors (Lipinski definition) is 3. The van der Waals surface area contributed by atoms with E-state index in [0.717, 1.165) is 32.7 Å². The highest BCUT2D eigenvalue weighted by Crippen LogP contribution is 1.85. The Bertz CT molecular complexity index is 136. The van der Waals surface area contributed by atoms with E-state index < -0.39 is 0 Å². The first-order chi connectivity index (χ1) is 12.2.